The van der Waals surface area contributed by atoms with Crippen LogP contribution in [0.15, 0.2) is 23.8 Å². The topological polar surface area (TPSA) is 110 Å². The summed E-state index contributed by atoms with van der Waals surface area (Å²) in [5.41, 5.74) is -4.68. The summed E-state index contributed by atoms with van der Waals surface area (Å²) in [4.78, 5) is 36.9. The average Bonchev–Trinajstić information content (AvgIpc) is 3.20. The van der Waals surface area contributed by atoms with E-state index < -0.39 is 52.0 Å². The minimum Gasteiger partial charge on any atom is -0.481 e. The second-order valence-corrected chi connectivity index (χ2v) is 13.8. The zero-order valence-corrected chi connectivity index (χ0v) is 23.3. The summed E-state index contributed by atoms with van der Waals surface area (Å²) in [6, 6.07) is 0. The second-order valence-electron chi connectivity index (χ2n) is 12.5. The highest BCUT2D eigenvalue weighted by atomic mass is 79.9. The summed E-state index contributed by atoms with van der Waals surface area (Å²) >= 11 is 3.48. The minimum atomic E-state index is -2.00. The van der Waals surface area contributed by atoms with Crippen LogP contribution in [0.2, 0.25) is 0 Å². The molecular weight excluding hydrogens is 547 g/mol. The van der Waals surface area contributed by atoms with Crippen LogP contribution in [0.5, 0.6) is 0 Å². The minimum absolute atomic E-state index is 0.0130. The molecule has 1 saturated heterocycles. The van der Waals surface area contributed by atoms with E-state index in [1.165, 1.54) is 12.2 Å². The highest BCUT2D eigenvalue weighted by Gasteiger charge is 2.79. The van der Waals surface area contributed by atoms with Crippen LogP contribution in [0.4, 0.5) is 4.39 Å². The number of carboxylic acid groups (broad SMARTS) is 1. The first kappa shape index (κ1) is 27.2. The molecule has 0 radical (unpaired) electrons. The molecule has 37 heavy (non-hydrogen) atoms. The number of fused-ring (bicyclic) bond motifs is 7. The van der Waals surface area contributed by atoms with Crippen LogP contribution in [-0.2, 0) is 23.9 Å². The van der Waals surface area contributed by atoms with E-state index in [0.29, 0.717) is 24.8 Å². The molecule has 204 valence electrons. The van der Waals surface area contributed by atoms with E-state index in [2.05, 4.69) is 15.9 Å². The molecule has 0 bridgehead atoms. The van der Waals surface area contributed by atoms with Crippen LogP contribution >= 0.6 is 15.9 Å². The lowest BCUT2D eigenvalue weighted by atomic mass is 9.44. The first-order valence-corrected chi connectivity index (χ1v) is 14.1. The van der Waals surface area contributed by atoms with E-state index in [9.17, 15) is 19.5 Å². The fourth-order valence-electron chi connectivity index (χ4n) is 8.54. The van der Waals surface area contributed by atoms with Gasteiger partial charge in [0.15, 0.2) is 28.6 Å². The number of hydrogen-bond acceptors (Lipinski definition) is 6. The molecule has 7 nitrogen and oxygen atoms in total. The third-order valence-electron chi connectivity index (χ3n) is 10.1. The lowest BCUT2D eigenvalue weighted by Gasteiger charge is -2.62. The van der Waals surface area contributed by atoms with E-state index in [-0.39, 0.29) is 48.0 Å². The van der Waals surface area contributed by atoms with Gasteiger partial charge in [0.05, 0.1) is 12.2 Å². The number of halogens is 2. The number of carboxylic acids is 1. The predicted octanol–water partition coefficient (Wildman–Crippen LogP) is 4.44. The van der Waals surface area contributed by atoms with Gasteiger partial charge in [-0.05, 0) is 70.9 Å². The molecule has 0 aromatic heterocycles. The molecule has 5 aliphatic rings. The molecular formula is C28H36BrFO7. The van der Waals surface area contributed by atoms with Gasteiger partial charge < -0.3 is 19.7 Å². The first-order chi connectivity index (χ1) is 17.1. The normalized spacial score (nSPS) is 46.4. The van der Waals surface area contributed by atoms with E-state index in [1.54, 1.807) is 26.8 Å². The Hall–Kier alpha value is -1.42. The summed E-state index contributed by atoms with van der Waals surface area (Å²) in [5.74, 6) is -3.19. The first-order valence-electron chi connectivity index (χ1n) is 13.2. The van der Waals surface area contributed by atoms with Crippen molar-refractivity contribution >= 4 is 33.5 Å². The molecule has 9 heteroatoms. The van der Waals surface area contributed by atoms with Crippen molar-refractivity contribution in [3.8, 4) is 0 Å². The number of rotatable bonds is 6. The second kappa shape index (κ2) is 8.54. The Balaban J connectivity index is 1.54. The molecule has 2 N–H and O–H groups in total. The molecule has 9 atom stereocenters. The summed E-state index contributed by atoms with van der Waals surface area (Å²) in [5, 5.41) is 20.7. The zero-order valence-electron chi connectivity index (χ0n) is 21.8. The molecule has 3 saturated carbocycles. The number of aliphatic hydroxyl groups excluding tert-OH is 1. The third kappa shape index (κ3) is 3.63. The molecule has 0 spiro atoms. The molecule has 1 heterocycles. The highest BCUT2D eigenvalue weighted by Crippen LogP contribution is 2.72. The number of ether oxygens (including phenoxy) is 2. The fourth-order valence-corrected chi connectivity index (χ4v) is 9.07. The van der Waals surface area contributed by atoms with Crippen molar-refractivity contribution in [1.82, 2.24) is 0 Å². The quantitative estimate of drug-likeness (QED) is 0.445. The Kier molecular flexibility index (Phi) is 6.27. The molecule has 2 unspecified atom stereocenters. The van der Waals surface area contributed by atoms with Gasteiger partial charge in [-0.25, -0.2) is 4.39 Å². The number of carbonyl (C=O) groups is 3. The van der Waals surface area contributed by atoms with Gasteiger partial charge in [-0.1, -0.05) is 34.5 Å². The molecule has 4 aliphatic carbocycles. The monoisotopic (exact) mass is 582 g/mol. The summed E-state index contributed by atoms with van der Waals surface area (Å²) < 4.78 is 30.2. The summed E-state index contributed by atoms with van der Waals surface area (Å²) in [6.07, 6.45) is 4.22. The zero-order chi connectivity index (χ0) is 27.2. The van der Waals surface area contributed by atoms with E-state index in [0.717, 1.165) is 0 Å². The number of ketones is 2. The molecule has 1 aliphatic heterocycles. The van der Waals surface area contributed by atoms with Crippen molar-refractivity contribution in [2.45, 2.75) is 107 Å². The van der Waals surface area contributed by atoms with Crippen molar-refractivity contribution in [1.29, 1.82) is 0 Å². The van der Waals surface area contributed by atoms with Gasteiger partial charge in [0.1, 0.15) is 0 Å². The Labute approximate surface area is 225 Å². The van der Waals surface area contributed by atoms with Gasteiger partial charge in [-0.15, -0.1) is 0 Å². The van der Waals surface area contributed by atoms with Gasteiger partial charge in [0.25, 0.3) is 0 Å². The van der Waals surface area contributed by atoms with Crippen LogP contribution < -0.4 is 0 Å². The molecule has 0 aromatic carbocycles. The van der Waals surface area contributed by atoms with E-state index in [4.69, 9.17) is 14.6 Å². The van der Waals surface area contributed by atoms with Crippen molar-refractivity contribution < 1.29 is 38.5 Å². The van der Waals surface area contributed by atoms with Crippen molar-refractivity contribution in [2.24, 2.45) is 22.7 Å². The molecule has 0 aromatic rings. The Bertz CT molecular complexity index is 1100. The van der Waals surface area contributed by atoms with Crippen LogP contribution in [0, 0.1) is 22.7 Å². The molecule has 4 fully saturated rings. The number of carbonyl (C=O) groups excluding carboxylic acids is 2. The van der Waals surface area contributed by atoms with Crippen LogP contribution in [0.1, 0.15) is 72.6 Å². The lowest BCUT2D eigenvalue weighted by Crippen LogP contribution is -2.69. The predicted molar refractivity (Wildman–Crippen MR) is 136 cm³/mol. The van der Waals surface area contributed by atoms with Gasteiger partial charge in [-0.3, -0.25) is 14.4 Å². The lowest BCUT2D eigenvalue weighted by molar-refractivity contribution is -0.245. The Morgan fingerprint density at radius 2 is 1.95 bits per heavy atom. The van der Waals surface area contributed by atoms with Gasteiger partial charge in [0.2, 0.25) is 0 Å². The number of aliphatic hydroxyl groups is 1. The largest absolute Gasteiger partial charge is 0.481 e. The average molecular weight is 583 g/mol. The third-order valence-corrected chi connectivity index (χ3v) is 10.9. The number of allylic oxidation sites excluding steroid dienone is 4. The van der Waals surface area contributed by atoms with Crippen LogP contribution in [0.25, 0.3) is 0 Å². The van der Waals surface area contributed by atoms with Gasteiger partial charge in [-0.2, -0.15) is 0 Å². The maximum Gasteiger partial charge on any atom is 0.303 e. The fraction of sp³-hybridized carbons (Fsp3) is 0.750. The maximum absolute atomic E-state index is 17.4. The van der Waals surface area contributed by atoms with Gasteiger partial charge >= 0.3 is 5.97 Å². The molecule has 0 amide bonds. The SMILES string of the molecule is CC1(C)O[C@@H]2C[C@H]3[C@@H]4CCC5=CC(=O)C=C[C@]5(C)C4(F)[C@@H](O)C[C@]3(C)[C@]2(C(=O)CC(Br)CCC(=O)O)O1. The highest BCUT2D eigenvalue weighted by molar-refractivity contribution is 9.09. The smallest absolute Gasteiger partial charge is 0.303 e. The van der Waals surface area contributed by atoms with Crippen molar-refractivity contribution in [3.63, 3.8) is 0 Å². The number of aliphatic carboxylic acids is 1. The van der Waals surface area contributed by atoms with E-state index in [1.807, 2.05) is 6.92 Å². The van der Waals surface area contributed by atoms with Crippen molar-refractivity contribution in [2.75, 3.05) is 0 Å². The standard InChI is InChI=1S/C28H36BrFO7/c1-24(2)36-22-13-19-18-7-5-15-11-17(31)9-10-25(15,3)27(18,30)21(33)14-26(19,4)28(22,37-24)20(32)12-16(29)6-8-23(34)35/h9-11,16,18-19,21-22,33H,5-8,12-14H2,1-4H3,(H,34,35)/t16?,18-,19-,21-,22+,25-,26-,27?,28+/m0/s1. The Morgan fingerprint density at radius 1 is 1.24 bits per heavy atom. The van der Waals surface area contributed by atoms with Crippen LogP contribution in [-0.4, -0.2) is 61.8 Å². The summed E-state index contributed by atoms with van der Waals surface area (Å²) in [6.45, 7) is 7.22. The van der Waals surface area contributed by atoms with Crippen molar-refractivity contribution in [3.05, 3.63) is 23.8 Å². The number of hydrogen-bond donors (Lipinski definition) is 2. The maximum atomic E-state index is 17.4. The van der Waals surface area contributed by atoms with Crippen LogP contribution in [0.3, 0.4) is 0 Å². The van der Waals surface area contributed by atoms with E-state index >= 15 is 4.39 Å². The number of alkyl halides is 2. The number of Topliss-reactive ketones (excluding diaryl/α,β-unsaturated/α-hetero) is 1. The molecule has 5 rings (SSSR count). The Morgan fingerprint density at radius 3 is 2.62 bits per heavy atom. The summed E-state index contributed by atoms with van der Waals surface area (Å²) in [7, 11) is 0. The van der Waals surface area contributed by atoms with Gasteiger partial charge in [0, 0.05) is 34.4 Å².